The third kappa shape index (κ3) is 9.22. The Labute approximate surface area is 160 Å². The second kappa shape index (κ2) is 12.1. The second-order valence-corrected chi connectivity index (χ2v) is 7.01. The Bertz CT molecular complexity index is 652. The van der Waals surface area contributed by atoms with Crippen molar-refractivity contribution in [2.75, 3.05) is 0 Å². The molecule has 0 N–H and O–H groups in total. The zero-order valence-corrected chi connectivity index (χ0v) is 17.3. The fourth-order valence-corrected chi connectivity index (χ4v) is 2.28. The summed E-state index contributed by atoms with van der Waals surface area (Å²) < 4.78 is 0. The first-order chi connectivity index (χ1) is 12.4. The molecule has 0 aliphatic heterocycles. The minimum Gasteiger partial charge on any atom is -0.0656 e. The first-order valence-corrected chi connectivity index (χ1v) is 9.59. The molecule has 0 unspecified atom stereocenters. The first-order valence-electron chi connectivity index (χ1n) is 9.59. The third-order valence-corrected chi connectivity index (χ3v) is 3.87. The Morgan fingerprint density at radius 3 is 0.846 bits per heavy atom. The van der Waals surface area contributed by atoms with E-state index in [1.165, 1.54) is 39.8 Å². The molecule has 26 heavy (non-hydrogen) atoms. The molecule has 0 amide bonds. The van der Waals surface area contributed by atoms with Gasteiger partial charge in [-0.2, -0.15) is 0 Å². The Hall–Kier alpha value is -2.34. The molecule has 0 radical (unpaired) electrons. The number of rotatable bonds is 2. The number of hydrogen-bond donors (Lipinski definition) is 0. The molecule has 138 valence electrons. The summed E-state index contributed by atoms with van der Waals surface area (Å²) in [6, 6.07) is 26.0. The fraction of sp³-hybridized carbons (Fsp3) is 0.308. The van der Waals surface area contributed by atoms with Crippen molar-refractivity contribution in [2.24, 2.45) is 0 Å². The van der Waals surface area contributed by atoms with Crippen molar-refractivity contribution in [1.82, 2.24) is 0 Å². The number of benzene rings is 3. The Morgan fingerprint density at radius 1 is 0.423 bits per heavy atom. The van der Waals surface area contributed by atoms with Gasteiger partial charge in [0.25, 0.3) is 0 Å². The minimum atomic E-state index is 1.03. The smallest absolute Gasteiger partial charge is 0.00258 e. The van der Waals surface area contributed by atoms with Gasteiger partial charge in [-0.3, -0.25) is 0 Å². The first kappa shape index (κ1) is 21.7. The molecule has 0 aliphatic carbocycles. The van der Waals surface area contributed by atoms with Crippen LogP contribution in [0.1, 0.15) is 53.6 Å². The van der Waals surface area contributed by atoms with Crippen LogP contribution < -0.4 is 0 Å². The Balaban J connectivity index is 0.000000258. The predicted molar refractivity (Wildman–Crippen MR) is 117 cm³/mol. The maximum atomic E-state index is 2.20. The van der Waals surface area contributed by atoms with E-state index < -0.39 is 0 Å². The van der Waals surface area contributed by atoms with Crippen LogP contribution in [0.15, 0.2) is 72.8 Å². The van der Waals surface area contributed by atoms with Gasteiger partial charge in [0.2, 0.25) is 0 Å². The SMILES string of the molecule is CCC.Cc1ccc(C)cc1.Cc1ccc(Cc2ccc(C)cc2)cc1. The van der Waals surface area contributed by atoms with E-state index >= 15 is 0 Å². The van der Waals surface area contributed by atoms with Gasteiger partial charge in [0.1, 0.15) is 0 Å². The molecule has 3 rings (SSSR count). The summed E-state index contributed by atoms with van der Waals surface area (Å²) in [6.45, 7) is 12.7. The van der Waals surface area contributed by atoms with Crippen LogP contribution in [-0.4, -0.2) is 0 Å². The van der Waals surface area contributed by atoms with Crippen molar-refractivity contribution >= 4 is 0 Å². The van der Waals surface area contributed by atoms with Gasteiger partial charge < -0.3 is 0 Å². The molecule has 0 saturated heterocycles. The van der Waals surface area contributed by atoms with Crippen LogP contribution in [0.25, 0.3) is 0 Å². The molecule has 0 atom stereocenters. The molecule has 0 saturated carbocycles. The number of aryl methyl sites for hydroxylation is 4. The maximum absolute atomic E-state index is 2.20. The van der Waals surface area contributed by atoms with Crippen LogP contribution in [0.3, 0.4) is 0 Å². The van der Waals surface area contributed by atoms with E-state index in [1.807, 2.05) is 0 Å². The third-order valence-electron chi connectivity index (χ3n) is 3.87. The molecule has 0 aromatic heterocycles. The topological polar surface area (TPSA) is 0 Å². The summed E-state index contributed by atoms with van der Waals surface area (Å²) in [6.07, 6.45) is 2.28. The second-order valence-electron chi connectivity index (χ2n) is 7.01. The van der Waals surface area contributed by atoms with Gasteiger partial charge in [-0.15, -0.1) is 0 Å². The van der Waals surface area contributed by atoms with E-state index in [-0.39, 0.29) is 0 Å². The lowest BCUT2D eigenvalue weighted by Crippen LogP contribution is -1.88. The molecule has 0 nitrogen and oxygen atoms in total. The highest BCUT2D eigenvalue weighted by Gasteiger charge is 1.95. The van der Waals surface area contributed by atoms with Crippen LogP contribution in [-0.2, 0) is 6.42 Å². The van der Waals surface area contributed by atoms with Crippen molar-refractivity contribution in [2.45, 2.75) is 54.4 Å². The van der Waals surface area contributed by atoms with E-state index in [0.29, 0.717) is 0 Å². The molecule has 3 aromatic rings. The average molecular weight is 347 g/mol. The summed E-state index contributed by atoms with van der Waals surface area (Å²) in [5.74, 6) is 0. The van der Waals surface area contributed by atoms with E-state index in [0.717, 1.165) is 6.42 Å². The minimum absolute atomic E-state index is 1.03. The lowest BCUT2D eigenvalue weighted by Gasteiger charge is -2.03. The van der Waals surface area contributed by atoms with Crippen molar-refractivity contribution in [1.29, 1.82) is 0 Å². The highest BCUT2D eigenvalue weighted by molar-refractivity contribution is 5.29. The molecule has 0 bridgehead atoms. The van der Waals surface area contributed by atoms with Crippen molar-refractivity contribution in [3.63, 3.8) is 0 Å². The largest absolute Gasteiger partial charge is 0.0656 e. The average Bonchev–Trinajstić information content (AvgIpc) is 2.63. The Kier molecular flexibility index (Phi) is 10.1. The lowest BCUT2D eigenvalue weighted by atomic mass is 10.0. The highest BCUT2D eigenvalue weighted by Crippen LogP contribution is 2.11. The van der Waals surface area contributed by atoms with Crippen LogP contribution in [0.4, 0.5) is 0 Å². The summed E-state index contributed by atoms with van der Waals surface area (Å²) in [5.41, 5.74) is 8.06. The normalized spacial score (nSPS) is 9.46. The summed E-state index contributed by atoms with van der Waals surface area (Å²) in [4.78, 5) is 0. The van der Waals surface area contributed by atoms with E-state index in [2.05, 4.69) is 114 Å². The van der Waals surface area contributed by atoms with Gasteiger partial charge in [-0.05, 0) is 45.2 Å². The quantitative estimate of drug-likeness (QED) is 0.448. The van der Waals surface area contributed by atoms with Crippen LogP contribution >= 0.6 is 0 Å². The maximum Gasteiger partial charge on any atom is -0.00258 e. The highest BCUT2D eigenvalue weighted by atomic mass is 14.0. The molecular formula is C26H34. The molecule has 3 aromatic carbocycles. The zero-order valence-electron chi connectivity index (χ0n) is 17.3. The van der Waals surface area contributed by atoms with Crippen LogP contribution in [0.2, 0.25) is 0 Å². The van der Waals surface area contributed by atoms with E-state index in [4.69, 9.17) is 0 Å². The van der Waals surface area contributed by atoms with Gasteiger partial charge in [-0.25, -0.2) is 0 Å². The molecule has 0 spiro atoms. The molecule has 0 heteroatoms. The molecular weight excluding hydrogens is 312 g/mol. The summed E-state index contributed by atoms with van der Waals surface area (Å²) in [5, 5.41) is 0. The van der Waals surface area contributed by atoms with E-state index in [1.54, 1.807) is 0 Å². The van der Waals surface area contributed by atoms with E-state index in [9.17, 15) is 0 Å². The van der Waals surface area contributed by atoms with Crippen molar-refractivity contribution in [3.05, 3.63) is 106 Å². The van der Waals surface area contributed by atoms with Crippen molar-refractivity contribution < 1.29 is 0 Å². The molecule has 0 heterocycles. The lowest BCUT2D eigenvalue weighted by molar-refractivity contribution is 1.09. The molecule has 0 aliphatic rings. The van der Waals surface area contributed by atoms with Crippen LogP contribution in [0.5, 0.6) is 0 Å². The summed E-state index contributed by atoms with van der Waals surface area (Å²) in [7, 11) is 0. The Morgan fingerprint density at radius 2 is 0.615 bits per heavy atom. The molecule has 0 fully saturated rings. The predicted octanol–water partition coefficient (Wildman–Crippen LogP) is 7.61. The van der Waals surface area contributed by atoms with Gasteiger partial charge in [0, 0.05) is 0 Å². The number of hydrogen-bond acceptors (Lipinski definition) is 0. The standard InChI is InChI=1S/C15H16.C8H10.C3H8/c1-12-3-7-14(8-4-12)11-15-9-5-13(2)6-10-15;1-7-3-5-8(2)6-4-7;1-3-2/h3-10H,11H2,1-2H3;3-6H,1-2H3;3H2,1-2H3. The van der Waals surface area contributed by atoms with Crippen LogP contribution in [0, 0.1) is 27.7 Å². The zero-order chi connectivity index (χ0) is 19.4. The monoisotopic (exact) mass is 346 g/mol. The van der Waals surface area contributed by atoms with Gasteiger partial charge in [0.05, 0.1) is 0 Å². The van der Waals surface area contributed by atoms with Gasteiger partial charge >= 0.3 is 0 Å². The van der Waals surface area contributed by atoms with Crippen molar-refractivity contribution in [3.8, 4) is 0 Å². The summed E-state index contributed by atoms with van der Waals surface area (Å²) >= 11 is 0. The van der Waals surface area contributed by atoms with Gasteiger partial charge in [-0.1, -0.05) is 115 Å². The van der Waals surface area contributed by atoms with Gasteiger partial charge in [0.15, 0.2) is 0 Å². The fourth-order valence-electron chi connectivity index (χ4n) is 2.28.